The van der Waals surface area contributed by atoms with Crippen molar-refractivity contribution in [1.82, 2.24) is 5.32 Å². The molecule has 1 spiro atoms. The molecule has 0 heterocycles. The van der Waals surface area contributed by atoms with Crippen molar-refractivity contribution in [2.45, 2.75) is 44.6 Å². The molecule has 2 bridgehead atoms. The van der Waals surface area contributed by atoms with Crippen molar-refractivity contribution in [3.8, 4) is 0 Å². The van der Waals surface area contributed by atoms with Gasteiger partial charge < -0.3 is 10.4 Å². The Hall–Kier alpha value is -1.06. The molecular formula is C12H17NO3. The molecule has 0 aromatic heterocycles. The molecule has 3 fully saturated rings. The summed E-state index contributed by atoms with van der Waals surface area (Å²) >= 11 is 0. The summed E-state index contributed by atoms with van der Waals surface area (Å²) in [7, 11) is 0. The second-order valence-corrected chi connectivity index (χ2v) is 6.25. The second-order valence-electron chi connectivity index (χ2n) is 6.25. The maximum Gasteiger partial charge on any atom is 0.309 e. The highest BCUT2D eigenvalue weighted by molar-refractivity contribution is 5.77. The third-order valence-corrected chi connectivity index (χ3v) is 5.11. The first kappa shape index (κ1) is 10.1. The summed E-state index contributed by atoms with van der Waals surface area (Å²) in [4.78, 5) is 22.1. The van der Waals surface area contributed by atoms with Gasteiger partial charge in [-0.05, 0) is 43.4 Å². The van der Waals surface area contributed by atoms with Crippen molar-refractivity contribution < 1.29 is 14.7 Å². The molecule has 0 saturated heterocycles. The van der Waals surface area contributed by atoms with Crippen LogP contribution in [0.3, 0.4) is 0 Å². The van der Waals surface area contributed by atoms with Crippen LogP contribution >= 0.6 is 0 Å². The van der Waals surface area contributed by atoms with Crippen LogP contribution in [0.5, 0.6) is 0 Å². The van der Waals surface area contributed by atoms with Crippen LogP contribution < -0.4 is 5.32 Å². The molecule has 0 aromatic carbocycles. The molecule has 3 aliphatic carbocycles. The van der Waals surface area contributed by atoms with Crippen LogP contribution in [0.1, 0.15) is 39.0 Å². The Morgan fingerprint density at radius 1 is 1.38 bits per heavy atom. The molecule has 3 aliphatic rings. The van der Waals surface area contributed by atoms with Gasteiger partial charge in [0.05, 0.1) is 5.41 Å². The van der Waals surface area contributed by atoms with Gasteiger partial charge in [0.25, 0.3) is 0 Å². The third-order valence-electron chi connectivity index (χ3n) is 5.11. The van der Waals surface area contributed by atoms with Gasteiger partial charge in [-0.15, -0.1) is 0 Å². The molecule has 4 atom stereocenters. The highest BCUT2D eigenvalue weighted by Crippen LogP contribution is 2.77. The van der Waals surface area contributed by atoms with E-state index in [4.69, 9.17) is 0 Å². The molecular weight excluding hydrogens is 206 g/mol. The van der Waals surface area contributed by atoms with Gasteiger partial charge in [0.1, 0.15) is 0 Å². The van der Waals surface area contributed by atoms with Crippen LogP contribution in [0, 0.1) is 16.7 Å². The summed E-state index contributed by atoms with van der Waals surface area (Å²) in [6.07, 6.45) is 4.97. The minimum Gasteiger partial charge on any atom is -0.481 e. The smallest absolute Gasteiger partial charge is 0.309 e. The largest absolute Gasteiger partial charge is 0.481 e. The number of hydrogen-bond acceptors (Lipinski definition) is 2. The van der Waals surface area contributed by atoms with E-state index < -0.39 is 11.4 Å². The molecule has 4 unspecified atom stereocenters. The molecule has 0 aromatic rings. The van der Waals surface area contributed by atoms with Crippen molar-refractivity contribution in [1.29, 1.82) is 0 Å². The number of amides is 1. The summed E-state index contributed by atoms with van der Waals surface area (Å²) in [6, 6.07) is 0. The minimum atomic E-state index is -0.669. The summed E-state index contributed by atoms with van der Waals surface area (Å²) in [5.41, 5.74) is -0.645. The standard InChI is InChI=1S/C12H17NO3/c1-8-2-10(9(15)16)4-11(3-8)6-12(11,5-10)13-7-14/h7-8H,2-6H2,1H3,(H,13,14)(H,15,16). The Kier molecular flexibility index (Phi) is 1.65. The number of carbonyl (C=O) groups excluding carboxylic acids is 1. The molecule has 4 heteroatoms. The molecule has 88 valence electrons. The number of hydrogen-bond donors (Lipinski definition) is 2. The lowest BCUT2D eigenvalue weighted by molar-refractivity contribution is -0.152. The number of carboxylic acids is 1. The number of carbonyl (C=O) groups is 2. The van der Waals surface area contributed by atoms with Crippen LogP contribution in [0.25, 0.3) is 0 Å². The first-order valence-corrected chi connectivity index (χ1v) is 5.92. The van der Waals surface area contributed by atoms with Crippen LogP contribution in [0.15, 0.2) is 0 Å². The summed E-state index contributed by atoms with van der Waals surface area (Å²) in [5.74, 6) is -0.208. The fraction of sp³-hybridized carbons (Fsp3) is 0.833. The molecule has 3 rings (SSSR count). The first-order chi connectivity index (χ1) is 7.48. The number of carboxylic acid groups (broad SMARTS) is 1. The summed E-state index contributed by atoms with van der Waals surface area (Å²) in [6.45, 7) is 2.13. The zero-order valence-corrected chi connectivity index (χ0v) is 9.45. The van der Waals surface area contributed by atoms with Crippen molar-refractivity contribution in [3.63, 3.8) is 0 Å². The van der Waals surface area contributed by atoms with Gasteiger partial charge in [0, 0.05) is 5.54 Å². The maximum atomic E-state index is 11.5. The van der Waals surface area contributed by atoms with Crippen molar-refractivity contribution in [2.24, 2.45) is 16.7 Å². The fourth-order valence-electron chi connectivity index (χ4n) is 4.80. The Bertz CT molecular complexity index is 382. The van der Waals surface area contributed by atoms with E-state index >= 15 is 0 Å². The highest BCUT2D eigenvalue weighted by Gasteiger charge is 2.79. The van der Waals surface area contributed by atoms with Crippen LogP contribution in [0.2, 0.25) is 0 Å². The zero-order chi connectivity index (χ0) is 11.6. The van der Waals surface area contributed by atoms with Crippen molar-refractivity contribution in [2.75, 3.05) is 0 Å². The van der Waals surface area contributed by atoms with E-state index in [-0.39, 0.29) is 11.0 Å². The number of nitrogens with one attached hydrogen (secondary N) is 1. The Balaban J connectivity index is 1.97. The average molecular weight is 223 g/mol. The molecule has 0 aliphatic heterocycles. The van der Waals surface area contributed by atoms with Crippen LogP contribution in [-0.4, -0.2) is 23.0 Å². The number of rotatable bonds is 3. The Morgan fingerprint density at radius 3 is 2.75 bits per heavy atom. The number of aliphatic carboxylic acids is 1. The average Bonchev–Trinajstić information content (AvgIpc) is 2.62. The molecule has 3 saturated carbocycles. The minimum absolute atomic E-state index is 0.101. The molecule has 16 heavy (non-hydrogen) atoms. The lowest BCUT2D eigenvalue weighted by Gasteiger charge is -2.35. The van der Waals surface area contributed by atoms with Crippen molar-refractivity contribution in [3.05, 3.63) is 0 Å². The van der Waals surface area contributed by atoms with Crippen molar-refractivity contribution >= 4 is 12.4 Å². The topological polar surface area (TPSA) is 66.4 Å². The van der Waals surface area contributed by atoms with Gasteiger partial charge in [-0.2, -0.15) is 0 Å². The lowest BCUT2D eigenvalue weighted by atomic mass is 9.67. The van der Waals surface area contributed by atoms with E-state index in [1.807, 2.05) is 0 Å². The van der Waals surface area contributed by atoms with Gasteiger partial charge in [-0.1, -0.05) is 6.92 Å². The van der Waals surface area contributed by atoms with Crippen LogP contribution in [0.4, 0.5) is 0 Å². The Morgan fingerprint density at radius 2 is 2.12 bits per heavy atom. The van der Waals surface area contributed by atoms with E-state index in [0.29, 0.717) is 12.3 Å². The van der Waals surface area contributed by atoms with Gasteiger partial charge in [0.15, 0.2) is 0 Å². The summed E-state index contributed by atoms with van der Waals surface area (Å²) in [5, 5.41) is 12.3. The maximum absolute atomic E-state index is 11.5. The predicted molar refractivity (Wildman–Crippen MR) is 56.7 cm³/mol. The highest BCUT2D eigenvalue weighted by atomic mass is 16.4. The summed E-state index contributed by atoms with van der Waals surface area (Å²) < 4.78 is 0. The van der Waals surface area contributed by atoms with E-state index in [2.05, 4.69) is 12.2 Å². The first-order valence-electron chi connectivity index (χ1n) is 5.92. The molecule has 1 amide bonds. The van der Waals surface area contributed by atoms with E-state index in [9.17, 15) is 14.7 Å². The SMILES string of the molecule is CC1CC2(C(=O)O)CC3(C1)CC3(NC=O)C2. The van der Waals surface area contributed by atoms with Gasteiger partial charge in [-0.25, -0.2) is 0 Å². The number of fused-ring (bicyclic) bond motifs is 1. The molecule has 0 radical (unpaired) electrons. The van der Waals surface area contributed by atoms with Gasteiger partial charge in [0.2, 0.25) is 6.41 Å². The lowest BCUT2D eigenvalue weighted by Crippen LogP contribution is -2.37. The zero-order valence-electron chi connectivity index (χ0n) is 9.45. The quantitative estimate of drug-likeness (QED) is 0.705. The van der Waals surface area contributed by atoms with E-state index in [1.165, 1.54) is 0 Å². The predicted octanol–water partition coefficient (Wildman–Crippen LogP) is 1.16. The van der Waals surface area contributed by atoms with Crippen LogP contribution in [-0.2, 0) is 9.59 Å². The van der Waals surface area contributed by atoms with Gasteiger partial charge >= 0.3 is 5.97 Å². The monoisotopic (exact) mass is 223 g/mol. The van der Waals surface area contributed by atoms with E-state index in [0.717, 1.165) is 32.1 Å². The molecule has 2 N–H and O–H groups in total. The normalized spacial score (nSPS) is 52.9. The second kappa shape index (κ2) is 2.60. The van der Waals surface area contributed by atoms with E-state index in [1.54, 1.807) is 0 Å². The third kappa shape index (κ3) is 0.955. The molecule has 4 nitrogen and oxygen atoms in total. The van der Waals surface area contributed by atoms with Gasteiger partial charge in [-0.3, -0.25) is 9.59 Å². The Labute approximate surface area is 94.4 Å². The fourth-order valence-corrected chi connectivity index (χ4v) is 4.80.